The summed E-state index contributed by atoms with van der Waals surface area (Å²) in [4.78, 5) is 17.7. The number of rotatable bonds is 2. The van der Waals surface area contributed by atoms with Crippen molar-refractivity contribution in [3.8, 4) is 0 Å². The largest absolute Gasteiger partial charge is 0.332 e. The van der Waals surface area contributed by atoms with Gasteiger partial charge in [-0.2, -0.15) is 0 Å². The summed E-state index contributed by atoms with van der Waals surface area (Å²) in [6.45, 7) is 1.41. The molecule has 1 rings (SSSR count). The second-order valence-corrected chi connectivity index (χ2v) is 4.77. The topological polar surface area (TPSA) is 57.5 Å². The number of hydrogen-bond donors (Lipinski definition) is 2. The highest BCUT2D eigenvalue weighted by Gasteiger charge is 2.25. The van der Waals surface area contributed by atoms with Gasteiger partial charge in [-0.15, -0.1) is 0 Å². The van der Waals surface area contributed by atoms with Gasteiger partial charge >= 0.3 is 7.60 Å². The Hall–Kier alpha value is -0.700. The van der Waals surface area contributed by atoms with E-state index in [1.807, 2.05) is 0 Å². The molecule has 0 heterocycles. The molecule has 0 amide bonds. The van der Waals surface area contributed by atoms with Crippen LogP contribution in [0.4, 0.5) is 4.39 Å². The van der Waals surface area contributed by atoms with Crippen molar-refractivity contribution in [1.29, 1.82) is 0 Å². The van der Waals surface area contributed by atoms with Gasteiger partial charge in [0.25, 0.3) is 0 Å². The maximum Gasteiger partial charge on any atom is 0.332 e. The zero-order chi connectivity index (χ0) is 10.1. The van der Waals surface area contributed by atoms with E-state index in [0.29, 0.717) is 5.56 Å². The predicted molar refractivity (Wildman–Crippen MR) is 46.9 cm³/mol. The highest BCUT2D eigenvalue weighted by Crippen LogP contribution is 2.51. The Kier molecular flexibility index (Phi) is 2.86. The van der Waals surface area contributed by atoms with E-state index in [0.717, 1.165) is 0 Å². The van der Waals surface area contributed by atoms with Crippen LogP contribution in [0.15, 0.2) is 24.3 Å². The summed E-state index contributed by atoms with van der Waals surface area (Å²) in [5.41, 5.74) is -0.442. The van der Waals surface area contributed by atoms with Crippen molar-refractivity contribution in [1.82, 2.24) is 0 Å². The van der Waals surface area contributed by atoms with Crippen molar-refractivity contribution in [2.75, 3.05) is 0 Å². The van der Waals surface area contributed by atoms with Crippen LogP contribution in [0.5, 0.6) is 0 Å². The first-order valence-corrected chi connectivity index (χ1v) is 5.40. The van der Waals surface area contributed by atoms with Crippen LogP contribution in [0.3, 0.4) is 0 Å². The first-order valence-electron chi connectivity index (χ1n) is 3.72. The van der Waals surface area contributed by atoms with Crippen LogP contribution >= 0.6 is 7.60 Å². The quantitative estimate of drug-likeness (QED) is 0.725. The van der Waals surface area contributed by atoms with Gasteiger partial charge in [0.05, 0.1) is 5.66 Å². The van der Waals surface area contributed by atoms with Gasteiger partial charge in [0.2, 0.25) is 0 Å². The molecular formula is C8H10FO3P. The fourth-order valence-corrected chi connectivity index (χ4v) is 1.50. The lowest BCUT2D eigenvalue weighted by Crippen LogP contribution is -1.94. The molecule has 1 aromatic rings. The van der Waals surface area contributed by atoms with E-state index in [-0.39, 0.29) is 0 Å². The van der Waals surface area contributed by atoms with Crippen LogP contribution in [0.25, 0.3) is 0 Å². The summed E-state index contributed by atoms with van der Waals surface area (Å²) in [7, 11) is -4.12. The maximum atomic E-state index is 12.5. The highest BCUT2D eigenvalue weighted by atomic mass is 31.2. The Morgan fingerprint density at radius 3 is 2.15 bits per heavy atom. The molecule has 0 spiro atoms. The van der Waals surface area contributed by atoms with E-state index < -0.39 is 19.1 Å². The zero-order valence-corrected chi connectivity index (χ0v) is 7.91. The lowest BCUT2D eigenvalue weighted by atomic mass is 10.2. The van der Waals surface area contributed by atoms with Crippen LogP contribution in [0, 0.1) is 5.82 Å². The van der Waals surface area contributed by atoms with Crippen molar-refractivity contribution in [2.45, 2.75) is 12.6 Å². The van der Waals surface area contributed by atoms with Gasteiger partial charge in [-0.3, -0.25) is 4.57 Å². The fraction of sp³-hybridized carbons (Fsp3) is 0.250. The molecule has 3 nitrogen and oxygen atoms in total. The van der Waals surface area contributed by atoms with Crippen molar-refractivity contribution >= 4 is 7.60 Å². The Balaban J connectivity index is 2.97. The summed E-state index contributed by atoms with van der Waals surface area (Å²) in [5, 5.41) is 0. The molecule has 0 aliphatic heterocycles. The summed E-state index contributed by atoms with van der Waals surface area (Å²) in [6, 6.07) is 5.11. The van der Waals surface area contributed by atoms with Crippen molar-refractivity contribution in [3.05, 3.63) is 35.6 Å². The average molecular weight is 204 g/mol. The molecule has 1 atom stereocenters. The molecule has 0 unspecified atom stereocenters. The maximum absolute atomic E-state index is 12.5. The summed E-state index contributed by atoms with van der Waals surface area (Å²) in [5.74, 6) is -0.415. The second-order valence-electron chi connectivity index (χ2n) is 2.82. The summed E-state index contributed by atoms with van der Waals surface area (Å²) >= 11 is 0. The Labute approximate surface area is 75.4 Å². The third kappa shape index (κ3) is 2.62. The van der Waals surface area contributed by atoms with Gasteiger partial charge < -0.3 is 9.79 Å². The monoisotopic (exact) mass is 204 g/mol. The van der Waals surface area contributed by atoms with Crippen LogP contribution < -0.4 is 0 Å². The number of hydrogen-bond acceptors (Lipinski definition) is 1. The van der Waals surface area contributed by atoms with Gasteiger partial charge in [0.15, 0.2) is 0 Å². The molecule has 0 aliphatic carbocycles. The first kappa shape index (κ1) is 10.4. The SMILES string of the molecule is C[C@H](c1ccc(F)cc1)P(=O)(O)O. The van der Waals surface area contributed by atoms with Crippen molar-refractivity contribution in [3.63, 3.8) is 0 Å². The minimum absolute atomic E-state index is 0.415. The van der Waals surface area contributed by atoms with E-state index in [9.17, 15) is 8.96 Å². The summed E-state index contributed by atoms with van der Waals surface area (Å²) < 4.78 is 23.3. The van der Waals surface area contributed by atoms with Crippen LogP contribution in [-0.2, 0) is 4.57 Å². The molecule has 5 heteroatoms. The van der Waals surface area contributed by atoms with Crippen molar-refractivity contribution in [2.24, 2.45) is 0 Å². The average Bonchev–Trinajstić information content (AvgIpc) is 2.03. The van der Waals surface area contributed by atoms with Crippen LogP contribution in [0.2, 0.25) is 0 Å². The van der Waals surface area contributed by atoms with Crippen molar-refractivity contribution < 1.29 is 18.7 Å². The van der Waals surface area contributed by atoms with E-state index in [2.05, 4.69) is 0 Å². The number of halogens is 1. The molecule has 0 radical (unpaired) electrons. The lowest BCUT2D eigenvalue weighted by molar-refractivity contribution is 0.361. The molecule has 1 aromatic carbocycles. The van der Waals surface area contributed by atoms with E-state index in [4.69, 9.17) is 9.79 Å². The Morgan fingerprint density at radius 2 is 1.77 bits per heavy atom. The molecule has 0 bridgehead atoms. The summed E-state index contributed by atoms with van der Waals surface area (Å²) in [6.07, 6.45) is 0. The molecule has 0 aliphatic rings. The predicted octanol–water partition coefficient (Wildman–Crippen LogP) is 2.06. The molecule has 2 N–H and O–H groups in total. The van der Waals surface area contributed by atoms with Gasteiger partial charge in [0.1, 0.15) is 5.82 Å². The normalized spacial score (nSPS) is 14.2. The smallest absolute Gasteiger partial charge is 0.324 e. The Morgan fingerprint density at radius 1 is 1.31 bits per heavy atom. The van der Waals surface area contributed by atoms with E-state index in [1.165, 1.54) is 31.2 Å². The first-order chi connectivity index (χ1) is 5.91. The van der Waals surface area contributed by atoms with Gasteiger partial charge in [-0.25, -0.2) is 4.39 Å². The lowest BCUT2D eigenvalue weighted by Gasteiger charge is -2.13. The standard InChI is InChI=1S/C8H10FO3P/c1-6(13(10,11)12)7-2-4-8(9)5-3-7/h2-6H,1H3,(H2,10,11,12)/t6-/m1/s1. The number of benzene rings is 1. The molecular weight excluding hydrogens is 194 g/mol. The van der Waals surface area contributed by atoms with E-state index >= 15 is 0 Å². The fourth-order valence-electron chi connectivity index (χ4n) is 0.935. The van der Waals surface area contributed by atoms with Crippen LogP contribution in [-0.4, -0.2) is 9.79 Å². The second kappa shape index (κ2) is 3.58. The molecule has 0 saturated carbocycles. The minimum atomic E-state index is -4.12. The minimum Gasteiger partial charge on any atom is -0.324 e. The molecule has 0 aromatic heterocycles. The van der Waals surface area contributed by atoms with E-state index in [1.54, 1.807) is 0 Å². The molecule has 0 saturated heterocycles. The molecule has 72 valence electrons. The zero-order valence-electron chi connectivity index (χ0n) is 7.01. The van der Waals surface area contributed by atoms with Gasteiger partial charge in [-0.1, -0.05) is 12.1 Å². The van der Waals surface area contributed by atoms with Gasteiger partial charge in [0, 0.05) is 0 Å². The molecule has 13 heavy (non-hydrogen) atoms. The van der Waals surface area contributed by atoms with Crippen LogP contribution in [0.1, 0.15) is 18.1 Å². The molecule has 0 fully saturated rings. The Bertz CT molecular complexity index is 330. The third-order valence-electron chi connectivity index (χ3n) is 1.86. The highest BCUT2D eigenvalue weighted by molar-refractivity contribution is 7.52. The van der Waals surface area contributed by atoms with Gasteiger partial charge in [-0.05, 0) is 24.6 Å². The third-order valence-corrected chi connectivity index (χ3v) is 3.16.